The van der Waals surface area contributed by atoms with Crippen LogP contribution < -0.4 is 5.32 Å². The first-order chi connectivity index (χ1) is 6.74. The lowest BCUT2D eigenvalue weighted by molar-refractivity contribution is -0.141. The van der Waals surface area contributed by atoms with Crippen molar-refractivity contribution in [2.45, 2.75) is 31.8 Å². The van der Waals surface area contributed by atoms with Gasteiger partial charge in [-0.2, -0.15) is 0 Å². The predicted molar refractivity (Wildman–Crippen MR) is 52.9 cm³/mol. The SMILES string of the molecule is COC(=O)CC[C@H]1CCNCC[C@@H]1O. The van der Waals surface area contributed by atoms with Gasteiger partial charge in [0.05, 0.1) is 13.2 Å². The number of methoxy groups -OCH3 is 1. The molecule has 0 aliphatic carbocycles. The van der Waals surface area contributed by atoms with Crippen molar-refractivity contribution in [3.8, 4) is 0 Å². The Bertz CT molecular complexity index is 184. The van der Waals surface area contributed by atoms with Crippen molar-refractivity contribution in [3.63, 3.8) is 0 Å². The average molecular weight is 201 g/mol. The maximum atomic E-state index is 10.9. The normalized spacial score (nSPS) is 28.1. The molecular formula is C10H19NO3. The molecule has 14 heavy (non-hydrogen) atoms. The second-order valence-corrected chi connectivity index (χ2v) is 3.77. The first-order valence-corrected chi connectivity index (χ1v) is 5.19. The van der Waals surface area contributed by atoms with E-state index in [1.165, 1.54) is 7.11 Å². The van der Waals surface area contributed by atoms with Crippen molar-refractivity contribution >= 4 is 5.97 Å². The number of aliphatic hydroxyl groups excluding tert-OH is 1. The standard InChI is InChI=1S/C10H19NO3/c1-14-10(13)3-2-8-4-6-11-7-5-9(8)12/h8-9,11-12H,2-7H2,1H3/t8-,9-/m0/s1. The van der Waals surface area contributed by atoms with Crippen LogP contribution in [-0.2, 0) is 9.53 Å². The highest BCUT2D eigenvalue weighted by molar-refractivity contribution is 5.69. The first kappa shape index (κ1) is 11.5. The third-order valence-corrected chi connectivity index (χ3v) is 2.80. The van der Waals surface area contributed by atoms with Gasteiger partial charge >= 0.3 is 5.97 Å². The zero-order chi connectivity index (χ0) is 10.4. The number of rotatable bonds is 3. The number of carbonyl (C=O) groups is 1. The molecule has 0 aromatic carbocycles. The average Bonchev–Trinajstić information content (AvgIpc) is 2.39. The molecular weight excluding hydrogens is 182 g/mol. The van der Waals surface area contributed by atoms with E-state index in [9.17, 15) is 9.90 Å². The van der Waals surface area contributed by atoms with Crippen LogP contribution in [0.25, 0.3) is 0 Å². The fourth-order valence-electron chi connectivity index (χ4n) is 1.83. The van der Waals surface area contributed by atoms with Gasteiger partial charge in [-0.25, -0.2) is 0 Å². The second kappa shape index (κ2) is 5.98. The zero-order valence-electron chi connectivity index (χ0n) is 8.66. The largest absolute Gasteiger partial charge is 0.469 e. The van der Waals surface area contributed by atoms with E-state index in [0.29, 0.717) is 6.42 Å². The molecule has 1 rings (SSSR count). The van der Waals surface area contributed by atoms with Crippen molar-refractivity contribution in [2.75, 3.05) is 20.2 Å². The Kier molecular flexibility index (Phi) is 4.90. The van der Waals surface area contributed by atoms with Crippen molar-refractivity contribution in [3.05, 3.63) is 0 Å². The molecule has 0 unspecified atom stereocenters. The molecule has 4 heteroatoms. The van der Waals surface area contributed by atoms with Crippen LogP contribution in [-0.4, -0.2) is 37.4 Å². The number of esters is 1. The Morgan fingerprint density at radius 1 is 1.50 bits per heavy atom. The van der Waals surface area contributed by atoms with Crippen molar-refractivity contribution in [1.82, 2.24) is 5.32 Å². The molecule has 0 aromatic rings. The van der Waals surface area contributed by atoms with Crippen LogP contribution in [0, 0.1) is 5.92 Å². The maximum Gasteiger partial charge on any atom is 0.305 e. The lowest BCUT2D eigenvalue weighted by atomic mass is 9.92. The Hall–Kier alpha value is -0.610. The second-order valence-electron chi connectivity index (χ2n) is 3.77. The smallest absolute Gasteiger partial charge is 0.305 e. The number of carbonyl (C=O) groups excluding carboxylic acids is 1. The third-order valence-electron chi connectivity index (χ3n) is 2.80. The molecule has 0 saturated carbocycles. The highest BCUT2D eigenvalue weighted by Crippen LogP contribution is 2.20. The molecule has 0 amide bonds. The van der Waals surface area contributed by atoms with Crippen LogP contribution in [0.2, 0.25) is 0 Å². The molecule has 0 aromatic heterocycles. The summed E-state index contributed by atoms with van der Waals surface area (Å²) in [4.78, 5) is 10.9. The van der Waals surface area contributed by atoms with Gasteiger partial charge in [-0.1, -0.05) is 0 Å². The highest BCUT2D eigenvalue weighted by Gasteiger charge is 2.21. The lowest BCUT2D eigenvalue weighted by Crippen LogP contribution is -2.21. The fourth-order valence-corrected chi connectivity index (χ4v) is 1.83. The van der Waals surface area contributed by atoms with Crippen LogP contribution in [0.1, 0.15) is 25.7 Å². The van der Waals surface area contributed by atoms with Crippen molar-refractivity contribution in [2.24, 2.45) is 5.92 Å². The number of hydrogen-bond acceptors (Lipinski definition) is 4. The number of ether oxygens (including phenoxy) is 1. The summed E-state index contributed by atoms with van der Waals surface area (Å²) in [6.07, 6.45) is 2.60. The van der Waals surface area contributed by atoms with Crippen LogP contribution in [0.15, 0.2) is 0 Å². The molecule has 1 saturated heterocycles. The minimum absolute atomic E-state index is 0.186. The van der Waals surface area contributed by atoms with Crippen LogP contribution in [0.5, 0.6) is 0 Å². The summed E-state index contributed by atoms with van der Waals surface area (Å²) in [5.74, 6) is 0.0542. The summed E-state index contributed by atoms with van der Waals surface area (Å²) in [5.41, 5.74) is 0. The van der Waals surface area contributed by atoms with Gasteiger partial charge in [0.25, 0.3) is 0 Å². The van der Waals surface area contributed by atoms with E-state index in [1.807, 2.05) is 0 Å². The van der Waals surface area contributed by atoms with Gasteiger partial charge in [0.2, 0.25) is 0 Å². The summed E-state index contributed by atoms with van der Waals surface area (Å²) in [7, 11) is 1.40. The van der Waals surface area contributed by atoms with E-state index in [0.717, 1.165) is 32.4 Å². The Balaban J connectivity index is 2.29. The minimum Gasteiger partial charge on any atom is -0.469 e. The van der Waals surface area contributed by atoms with E-state index in [4.69, 9.17) is 0 Å². The molecule has 1 aliphatic rings. The summed E-state index contributed by atoms with van der Waals surface area (Å²) < 4.78 is 4.57. The van der Waals surface area contributed by atoms with Gasteiger partial charge in [0.1, 0.15) is 0 Å². The van der Waals surface area contributed by atoms with Crippen molar-refractivity contribution in [1.29, 1.82) is 0 Å². The predicted octanol–water partition coefficient (Wildman–Crippen LogP) is 0.300. The van der Waals surface area contributed by atoms with Gasteiger partial charge in [-0.05, 0) is 38.3 Å². The Morgan fingerprint density at radius 2 is 2.21 bits per heavy atom. The van der Waals surface area contributed by atoms with E-state index in [1.54, 1.807) is 0 Å². The molecule has 2 N–H and O–H groups in total. The summed E-state index contributed by atoms with van der Waals surface area (Å²) in [5, 5.41) is 13.0. The molecule has 0 radical (unpaired) electrons. The molecule has 0 spiro atoms. The Morgan fingerprint density at radius 3 is 2.93 bits per heavy atom. The van der Waals surface area contributed by atoms with Crippen LogP contribution >= 0.6 is 0 Å². The monoisotopic (exact) mass is 201 g/mol. The first-order valence-electron chi connectivity index (χ1n) is 5.19. The fraction of sp³-hybridized carbons (Fsp3) is 0.900. The number of nitrogens with one attached hydrogen (secondary N) is 1. The summed E-state index contributed by atoms with van der Waals surface area (Å²) >= 11 is 0. The molecule has 0 bridgehead atoms. The minimum atomic E-state index is -0.269. The van der Waals surface area contributed by atoms with E-state index in [2.05, 4.69) is 10.1 Å². The molecule has 1 fully saturated rings. The summed E-state index contributed by atoms with van der Waals surface area (Å²) in [6.45, 7) is 1.80. The molecule has 82 valence electrons. The number of aliphatic hydroxyl groups is 1. The molecule has 1 heterocycles. The van der Waals surface area contributed by atoms with Gasteiger partial charge in [-0.3, -0.25) is 4.79 Å². The van der Waals surface area contributed by atoms with E-state index < -0.39 is 0 Å². The third kappa shape index (κ3) is 3.64. The quantitative estimate of drug-likeness (QED) is 0.645. The van der Waals surface area contributed by atoms with Gasteiger partial charge in [0, 0.05) is 6.42 Å². The van der Waals surface area contributed by atoms with Gasteiger partial charge in [-0.15, -0.1) is 0 Å². The molecule has 4 nitrogen and oxygen atoms in total. The van der Waals surface area contributed by atoms with Crippen LogP contribution in [0.4, 0.5) is 0 Å². The van der Waals surface area contributed by atoms with Crippen molar-refractivity contribution < 1.29 is 14.6 Å². The van der Waals surface area contributed by atoms with Gasteiger partial charge in [0.15, 0.2) is 0 Å². The lowest BCUT2D eigenvalue weighted by Gasteiger charge is -2.18. The van der Waals surface area contributed by atoms with E-state index in [-0.39, 0.29) is 18.0 Å². The molecule has 2 atom stereocenters. The number of hydrogen-bond donors (Lipinski definition) is 2. The van der Waals surface area contributed by atoms with Crippen LogP contribution in [0.3, 0.4) is 0 Å². The Labute approximate surface area is 84.6 Å². The zero-order valence-corrected chi connectivity index (χ0v) is 8.66. The summed E-state index contributed by atoms with van der Waals surface area (Å²) in [6, 6.07) is 0. The maximum absolute atomic E-state index is 10.9. The topological polar surface area (TPSA) is 58.6 Å². The highest BCUT2D eigenvalue weighted by atomic mass is 16.5. The van der Waals surface area contributed by atoms with E-state index >= 15 is 0 Å². The van der Waals surface area contributed by atoms with Gasteiger partial charge < -0.3 is 15.2 Å². The molecule has 1 aliphatic heterocycles.